The van der Waals surface area contributed by atoms with Crippen LogP contribution in [0.15, 0.2) is 24.3 Å². The first kappa shape index (κ1) is 16.3. The zero-order valence-electron chi connectivity index (χ0n) is 12.4. The van der Waals surface area contributed by atoms with Crippen LogP contribution in [0.5, 0.6) is 5.75 Å². The topological polar surface area (TPSA) is 91.3 Å². The summed E-state index contributed by atoms with van der Waals surface area (Å²) in [4.78, 5) is 22.7. The molecule has 1 aliphatic rings. The molecule has 1 aromatic carbocycles. The molecule has 22 heavy (non-hydrogen) atoms. The molecule has 7 nitrogen and oxygen atoms in total. The van der Waals surface area contributed by atoms with E-state index in [-0.39, 0.29) is 13.0 Å². The second-order valence-corrected chi connectivity index (χ2v) is 4.86. The largest absolute Gasteiger partial charge is 0.497 e. The molecule has 0 unspecified atom stereocenters. The summed E-state index contributed by atoms with van der Waals surface area (Å²) in [7, 11) is 1.54. The first-order chi connectivity index (χ1) is 10.5. The highest BCUT2D eigenvalue weighted by atomic mass is 16.7. The fourth-order valence-electron chi connectivity index (χ4n) is 2.12. The number of ether oxygens (including phenoxy) is 4. The number of hydrogen-bond acceptors (Lipinski definition) is 7. The number of aliphatic hydroxyl groups is 1. The van der Waals surface area contributed by atoms with E-state index < -0.39 is 30.4 Å². The maximum absolute atomic E-state index is 11.9. The molecule has 1 aliphatic heterocycles. The molecule has 0 bridgehead atoms. The monoisotopic (exact) mass is 310 g/mol. The zero-order chi connectivity index (χ0) is 16.1. The van der Waals surface area contributed by atoms with Crippen LogP contribution in [-0.2, 0) is 19.0 Å². The van der Waals surface area contributed by atoms with Gasteiger partial charge in [-0.25, -0.2) is 4.79 Å². The summed E-state index contributed by atoms with van der Waals surface area (Å²) >= 11 is 0. The molecule has 7 heteroatoms. The zero-order valence-corrected chi connectivity index (χ0v) is 12.4. The van der Waals surface area contributed by atoms with E-state index in [1.807, 2.05) is 0 Å². The number of carbonyl (C=O) groups is 2. The Morgan fingerprint density at radius 3 is 2.59 bits per heavy atom. The molecule has 0 spiro atoms. The lowest BCUT2D eigenvalue weighted by Gasteiger charge is -2.11. The van der Waals surface area contributed by atoms with Crippen LogP contribution in [0.25, 0.3) is 0 Å². The molecule has 120 valence electrons. The SMILES string of the molecule is COc1ccc(C(=O)OC[C@@H]2C[C@@H](OC(C)=O)[C@@H](O)O2)cc1. The van der Waals surface area contributed by atoms with E-state index >= 15 is 0 Å². The van der Waals surface area contributed by atoms with Gasteiger partial charge in [-0.3, -0.25) is 4.79 Å². The van der Waals surface area contributed by atoms with Gasteiger partial charge in [0.1, 0.15) is 12.4 Å². The van der Waals surface area contributed by atoms with E-state index in [1.165, 1.54) is 14.0 Å². The molecular weight excluding hydrogens is 292 g/mol. The predicted octanol–water partition coefficient (Wildman–Crippen LogP) is 0.891. The molecule has 1 heterocycles. The van der Waals surface area contributed by atoms with Crippen LogP contribution in [0.1, 0.15) is 23.7 Å². The summed E-state index contributed by atoms with van der Waals surface area (Å²) in [5.74, 6) is -0.358. The molecule has 0 aromatic heterocycles. The van der Waals surface area contributed by atoms with Crippen LogP contribution in [-0.4, -0.2) is 49.3 Å². The maximum Gasteiger partial charge on any atom is 0.338 e. The molecule has 0 amide bonds. The van der Waals surface area contributed by atoms with Crippen LogP contribution < -0.4 is 4.74 Å². The van der Waals surface area contributed by atoms with Gasteiger partial charge in [-0.2, -0.15) is 0 Å². The van der Waals surface area contributed by atoms with Gasteiger partial charge in [-0.1, -0.05) is 0 Å². The Morgan fingerprint density at radius 2 is 2.00 bits per heavy atom. The van der Waals surface area contributed by atoms with Crippen molar-refractivity contribution in [1.29, 1.82) is 0 Å². The van der Waals surface area contributed by atoms with Gasteiger partial charge in [0.05, 0.1) is 18.8 Å². The van der Waals surface area contributed by atoms with Gasteiger partial charge >= 0.3 is 11.9 Å². The lowest BCUT2D eigenvalue weighted by atomic mass is 10.2. The van der Waals surface area contributed by atoms with E-state index in [0.29, 0.717) is 11.3 Å². The van der Waals surface area contributed by atoms with Crippen molar-refractivity contribution in [3.8, 4) is 5.75 Å². The van der Waals surface area contributed by atoms with Gasteiger partial charge in [0.2, 0.25) is 0 Å². The average molecular weight is 310 g/mol. The van der Waals surface area contributed by atoms with Crippen molar-refractivity contribution in [3.63, 3.8) is 0 Å². The molecule has 1 saturated heterocycles. The van der Waals surface area contributed by atoms with Crippen molar-refractivity contribution in [2.24, 2.45) is 0 Å². The van der Waals surface area contributed by atoms with E-state index in [9.17, 15) is 14.7 Å². The second kappa shape index (κ2) is 7.24. The number of methoxy groups -OCH3 is 1. The fourth-order valence-corrected chi connectivity index (χ4v) is 2.12. The number of esters is 2. The van der Waals surface area contributed by atoms with Gasteiger partial charge in [0.15, 0.2) is 12.4 Å². The molecule has 1 N–H and O–H groups in total. The highest BCUT2D eigenvalue weighted by molar-refractivity contribution is 5.89. The summed E-state index contributed by atoms with van der Waals surface area (Å²) < 4.78 is 20.2. The van der Waals surface area contributed by atoms with Gasteiger partial charge in [-0.15, -0.1) is 0 Å². The van der Waals surface area contributed by atoms with Crippen LogP contribution in [0, 0.1) is 0 Å². The summed E-state index contributed by atoms with van der Waals surface area (Å²) in [5.41, 5.74) is 0.385. The normalized spacial score (nSPS) is 23.9. The second-order valence-electron chi connectivity index (χ2n) is 4.86. The predicted molar refractivity (Wildman–Crippen MR) is 74.3 cm³/mol. The average Bonchev–Trinajstić information content (AvgIpc) is 2.84. The Morgan fingerprint density at radius 1 is 1.32 bits per heavy atom. The number of hydrogen-bond donors (Lipinski definition) is 1. The minimum absolute atomic E-state index is 0.0281. The lowest BCUT2D eigenvalue weighted by molar-refractivity contribution is -0.168. The van der Waals surface area contributed by atoms with Crippen molar-refractivity contribution in [2.75, 3.05) is 13.7 Å². The Hall–Kier alpha value is -2.12. The standard InChI is InChI=1S/C15H18O7/c1-9(16)21-13-7-12(22-15(13)18)8-20-14(17)10-3-5-11(19-2)6-4-10/h3-6,12-13,15,18H,7-8H2,1-2H3/t12-,13+,15-/m0/s1. The minimum atomic E-state index is -1.20. The first-order valence-corrected chi connectivity index (χ1v) is 6.81. The van der Waals surface area contributed by atoms with Crippen molar-refractivity contribution < 1.29 is 33.6 Å². The summed E-state index contributed by atoms with van der Waals surface area (Å²) in [6.45, 7) is 1.23. The van der Waals surface area contributed by atoms with Gasteiger partial charge in [-0.05, 0) is 24.3 Å². The van der Waals surface area contributed by atoms with Crippen LogP contribution in [0.4, 0.5) is 0 Å². The smallest absolute Gasteiger partial charge is 0.338 e. The summed E-state index contributed by atoms with van der Waals surface area (Å²) in [5, 5.41) is 9.59. The van der Waals surface area contributed by atoms with E-state index in [0.717, 1.165) is 0 Å². The van der Waals surface area contributed by atoms with Crippen molar-refractivity contribution in [3.05, 3.63) is 29.8 Å². The molecule has 0 radical (unpaired) electrons. The molecular formula is C15H18O7. The van der Waals surface area contributed by atoms with Gasteiger partial charge < -0.3 is 24.1 Å². The third-order valence-electron chi connectivity index (χ3n) is 3.19. The number of carbonyl (C=O) groups excluding carboxylic acids is 2. The Balaban J connectivity index is 1.82. The van der Waals surface area contributed by atoms with Crippen molar-refractivity contribution in [2.45, 2.75) is 31.8 Å². The molecule has 1 fully saturated rings. The third-order valence-corrected chi connectivity index (χ3v) is 3.19. The lowest BCUT2D eigenvalue weighted by Crippen LogP contribution is -2.25. The van der Waals surface area contributed by atoms with Crippen molar-refractivity contribution >= 4 is 11.9 Å². The molecule has 0 saturated carbocycles. The molecule has 1 aromatic rings. The van der Waals surface area contributed by atoms with E-state index in [4.69, 9.17) is 18.9 Å². The van der Waals surface area contributed by atoms with Gasteiger partial charge in [0, 0.05) is 13.3 Å². The highest BCUT2D eigenvalue weighted by Gasteiger charge is 2.36. The summed E-state index contributed by atoms with van der Waals surface area (Å²) in [6.07, 6.45) is -2.17. The Labute approximate surface area is 127 Å². The van der Waals surface area contributed by atoms with Crippen LogP contribution in [0.2, 0.25) is 0 Å². The van der Waals surface area contributed by atoms with E-state index in [1.54, 1.807) is 24.3 Å². The highest BCUT2D eigenvalue weighted by Crippen LogP contribution is 2.22. The number of benzene rings is 1. The quantitative estimate of drug-likeness (QED) is 0.808. The maximum atomic E-state index is 11.9. The number of rotatable bonds is 5. The summed E-state index contributed by atoms with van der Waals surface area (Å²) in [6, 6.07) is 6.49. The molecule has 0 aliphatic carbocycles. The Bertz CT molecular complexity index is 525. The van der Waals surface area contributed by atoms with Crippen LogP contribution in [0.3, 0.4) is 0 Å². The third kappa shape index (κ3) is 4.19. The Kier molecular flexibility index (Phi) is 5.35. The minimum Gasteiger partial charge on any atom is -0.497 e. The fraction of sp³-hybridized carbons (Fsp3) is 0.467. The molecule has 2 rings (SSSR count). The van der Waals surface area contributed by atoms with Gasteiger partial charge in [0.25, 0.3) is 0 Å². The van der Waals surface area contributed by atoms with Crippen molar-refractivity contribution in [1.82, 2.24) is 0 Å². The molecule has 3 atom stereocenters. The first-order valence-electron chi connectivity index (χ1n) is 6.81. The van der Waals surface area contributed by atoms with Crippen LogP contribution >= 0.6 is 0 Å². The number of aliphatic hydroxyl groups excluding tert-OH is 1. The van der Waals surface area contributed by atoms with E-state index in [2.05, 4.69) is 0 Å².